The van der Waals surface area contributed by atoms with Crippen LogP contribution >= 0.6 is 0 Å². The molecule has 2 unspecified atom stereocenters. The second-order valence-corrected chi connectivity index (χ2v) is 13.5. The van der Waals surface area contributed by atoms with E-state index in [0.29, 0.717) is 0 Å². The van der Waals surface area contributed by atoms with Gasteiger partial charge in [0.2, 0.25) is 0 Å². The Balaban J connectivity index is 1.14. The van der Waals surface area contributed by atoms with Gasteiger partial charge in [-0.3, -0.25) is 0 Å². The van der Waals surface area contributed by atoms with Crippen LogP contribution in [0.5, 0.6) is 0 Å². The highest BCUT2D eigenvalue weighted by molar-refractivity contribution is 5.90. The second-order valence-electron chi connectivity index (χ2n) is 13.5. The summed E-state index contributed by atoms with van der Waals surface area (Å²) in [6.07, 6.45) is 0. The molecule has 2 atom stereocenters. The van der Waals surface area contributed by atoms with Crippen LogP contribution in [-0.4, -0.2) is 4.98 Å². The maximum absolute atomic E-state index is 5.27. The van der Waals surface area contributed by atoms with Crippen molar-refractivity contribution in [3.63, 3.8) is 0 Å². The molecule has 0 radical (unpaired) electrons. The van der Waals surface area contributed by atoms with Gasteiger partial charge in [0.1, 0.15) is 0 Å². The van der Waals surface area contributed by atoms with Crippen molar-refractivity contribution in [3.05, 3.63) is 221 Å². The number of fused-ring (bicyclic) bond motifs is 6. The number of benzene rings is 7. The lowest BCUT2D eigenvalue weighted by atomic mass is 9.84. The standard InChI is InChI=1S/C49H33N/c1-4-15-32(16-5-1)37-28-46(33-17-6-2-7-18-33)50-47(29-37)35-21-14-22-36(27-35)49-41-26-13-11-24-39(41)43-30-42-38-23-10-12-25-40(38)48(44(42)31-45(43)49)34-19-8-3-9-20-34/h1-31,48-49H. The van der Waals surface area contributed by atoms with Crippen LogP contribution in [0.1, 0.15) is 45.2 Å². The Bertz CT molecular complexity index is 2470. The lowest BCUT2D eigenvalue weighted by molar-refractivity contribution is 0.982. The highest BCUT2D eigenvalue weighted by Crippen LogP contribution is 2.55. The zero-order chi connectivity index (χ0) is 33.0. The van der Waals surface area contributed by atoms with Crippen LogP contribution in [-0.2, 0) is 0 Å². The molecule has 1 heteroatoms. The van der Waals surface area contributed by atoms with E-state index in [2.05, 4.69) is 188 Å². The van der Waals surface area contributed by atoms with Crippen LogP contribution in [0, 0.1) is 0 Å². The molecule has 1 aromatic heterocycles. The first-order chi connectivity index (χ1) is 24.8. The average molecular weight is 636 g/mol. The Morgan fingerprint density at radius 2 is 0.760 bits per heavy atom. The minimum absolute atomic E-state index is 0.123. The van der Waals surface area contributed by atoms with Crippen LogP contribution in [0.2, 0.25) is 0 Å². The second kappa shape index (κ2) is 11.7. The van der Waals surface area contributed by atoms with E-state index in [1.54, 1.807) is 0 Å². The van der Waals surface area contributed by atoms with Gasteiger partial charge >= 0.3 is 0 Å². The van der Waals surface area contributed by atoms with E-state index in [0.717, 1.165) is 22.5 Å². The predicted molar refractivity (Wildman–Crippen MR) is 206 cm³/mol. The quantitative estimate of drug-likeness (QED) is 0.183. The van der Waals surface area contributed by atoms with Crippen molar-refractivity contribution in [1.29, 1.82) is 0 Å². The van der Waals surface area contributed by atoms with Gasteiger partial charge in [-0.25, -0.2) is 4.98 Å². The van der Waals surface area contributed by atoms with Crippen LogP contribution in [0.3, 0.4) is 0 Å². The third-order valence-electron chi connectivity index (χ3n) is 10.6. The molecule has 0 spiro atoms. The smallest absolute Gasteiger partial charge is 0.0715 e. The van der Waals surface area contributed by atoms with Gasteiger partial charge in [0, 0.05) is 23.0 Å². The molecule has 2 aliphatic rings. The molecule has 1 nitrogen and oxygen atoms in total. The molecule has 0 amide bonds. The van der Waals surface area contributed by atoms with Gasteiger partial charge in [-0.15, -0.1) is 0 Å². The molecule has 7 aromatic carbocycles. The van der Waals surface area contributed by atoms with Gasteiger partial charge < -0.3 is 0 Å². The maximum Gasteiger partial charge on any atom is 0.0715 e. The predicted octanol–water partition coefficient (Wildman–Crippen LogP) is 12.4. The molecule has 234 valence electrons. The fourth-order valence-electron chi connectivity index (χ4n) is 8.38. The van der Waals surface area contributed by atoms with Crippen molar-refractivity contribution < 1.29 is 0 Å². The van der Waals surface area contributed by atoms with Crippen LogP contribution in [0.4, 0.5) is 0 Å². The van der Waals surface area contributed by atoms with Gasteiger partial charge in [-0.2, -0.15) is 0 Å². The average Bonchev–Trinajstić information content (AvgIpc) is 3.70. The van der Waals surface area contributed by atoms with Crippen molar-refractivity contribution in [2.24, 2.45) is 0 Å². The Kier molecular flexibility index (Phi) is 6.70. The van der Waals surface area contributed by atoms with Gasteiger partial charge in [0.25, 0.3) is 0 Å². The minimum Gasteiger partial charge on any atom is -0.248 e. The molecule has 1 heterocycles. The summed E-state index contributed by atoms with van der Waals surface area (Å²) in [4.78, 5) is 5.27. The fourth-order valence-corrected chi connectivity index (χ4v) is 8.38. The third-order valence-corrected chi connectivity index (χ3v) is 10.6. The summed E-state index contributed by atoms with van der Waals surface area (Å²) in [5.74, 6) is 0.335. The van der Waals surface area contributed by atoms with Gasteiger partial charge in [-0.05, 0) is 91.0 Å². The Morgan fingerprint density at radius 3 is 1.40 bits per heavy atom. The molecule has 8 aromatic rings. The SMILES string of the molecule is c1ccc(-c2cc(-c3ccccc3)nc(-c3cccc(C4c5ccccc5-c5cc6c(cc54)C(c4ccccc4)c4ccccc4-6)c3)c2)cc1. The molecule has 10 rings (SSSR count). The maximum atomic E-state index is 5.27. The molecule has 0 aliphatic heterocycles. The molecule has 2 aliphatic carbocycles. The third kappa shape index (κ3) is 4.66. The summed E-state index contributed by atoms with van der Waals surface area (Å²) in [5, 5.41) is 0. The molecular weight excluding hydrogens is 603 g/mol. The first kappa shape index (κ1) is 28.7. The normalized spacial score (nSPS) is 15.2. The van der Waals surface area contributed by atoms with E-state index in [9.17, 15) is 0 Å². The van der Waals surface area contributed by atoms with E-state index >= 15 is 0 Å². The molecule has 0 saturated heterocycles. The van der Waals surface area contributed by atoms with Crippen molar-refractivity contribution in [1.82, 2.24) is 4.98 Å². The number of hydrogen-bond donors (Lipinski definition) is 0. The number of pyridine rings is 1. The zero-order valence-corrected chi connectivity index (χ0v) is 27.5. The molecule has 0 N–H and O–H groups in total. The lowest BCUT2D eigenvalue weighted by Gasteiger charge is -2.19. The molecular formula is C49H33N. The number of aromatic nitrogens is 1. The minimum atomic E-state index is 0.123. The van der Waals surface area contributed by atoms with Gasteiger partial charge in [0.15, 0.2) is 0 Å². The Labute approximate surface area is 293 Å². The number of nitrogens with zero attached hydrogens (tertiary/aromatic N) is 1. The van der Waals surface area contributed by atoms with E-state index in [4.69, 9.17) is 4.98 Å². The highest BCUT2D eigenvalue weighted by Gasteiger charge is 2.36. The highest BCUT2D eigenvalue weighted by atomic mass is 14.7. The summed E-state index contributed by atoms with van der Waals surface area (Å²) in [6.45, 7) is 0. The fraction of sp³-hybridized carbons (Fsp3) is 0.0408. The number of rotatable bonds is 5. The van der Waals surface area contributed by atoms with Crippen molar-refractivity contribution in [2.45, 2.75) is 11.8 Å². The monoisotopic (exact) mass is 635 g/mol. The Morgan fingerprint density at radius 1 is 0.280 bits per heavy atom. The van der Waals surface area contributed by atoms with Crippen molar-refractivity contribution in [2.75, 3.05) is 0 Å². The summed E-state index contributed by atoms with van der Waals surface area (Å²) in [6, 6.07) is 68.6. The zero-order valence-electron chi connectivity index (χ0n) is 27.5. The summed E-state index contributed by atoms with van der Waals surface area (Å²) < 4.78 is 0. The molecule has 0 bridgehead atoms. The van der Waals surface area contributed by atoms with E-state index in [1.807, 2.05) is 0 Å². The van der Waals surface area contributed by atoms with Crippen LogP contribution < -0.4 is 0 Å². The Hall–Kier alpha value is -6.31. The molecule has 0 saturated carbocycles. The largest absolute Gasteiger partial charge is 0.248 e. The van der Waals surface area contributed by atoms with E-state index < -0.39 is 0 Å². The topological polar surface area (TPSA) is 12.9 Å². The van der Waals surface area contributed by atoms with E-state index in [-0.39, 0.29) is 11.8 Å². The molecule has 0 fully saturated rings. The van der Waals surface area contributed by atoms with Crippen LogP contribution in [0.15, 0.2) is 188 Å². The van der Waals surface area contributed by atoms with Crippen LogP contribution in [0.25, 0.3) is 55.9 Å². The summed E-state index contributed by atoms with van der Waals surface area (Å²) in [7, 11) is 0. The first-order valence-corrected chi connectivity index (χ1v) is 17.4. The number of hydrogen-bond acceptors (Lipinski definition) is 1. The van der Waals surface area contributed by atoms with E-state index in [1.165, 1.54) is 66.8 Å². The van der Waals surface area contributed by atoms with Gasteiger partial charge in [0.05, 0.1) is 11.4 Å². The molecule has 50 heavy (non-hydrogen) atoms. The van der Waals surface area contributed by atoms with Crippen molar-refractivity contribution in [3.8, 4) is 55.9 Å². The van der Waals surface area contributed by atoms with Crippen molar-refractivity contribution >= 4 is 0 Å². The summed E-state index contributed by atoms with van der Waals surface area (Å²) in [5.41, 5.74) is 20.1. The first-order valence-electron chi connectivity index (χ1n) is 17.4. The van der Waals surface area contributed by atoms with Gasteiger partial charge in [-0.1, -0.05) is 164 Å². The summed E-state index contributed by atoms with van der Waals surface area (Å²) >= 11 is 0. The lowest BCUT2D eigenvalue weighted by Crippen LogP contribution is -2.03.